The van der Waals surface area contributed by atoms with Crippen molar-refractivity contribution in [3.63, 3.8) is 0 Å². The molecule has 0 aromatic rings. The molecule has 6 aliphatic rings. The molecule has 0 radical (unpaired) electrons. The number of hydrogen-bond donors (Lipinski definition) is 1. The average Bonchev–Trinajstić information content (AvgIpc) is 1.55. The van der Waals surface area contributed by atoms with Gasteiger partial charge in [-0.05, 0) is 219 Å². The van der Waals surface area contributed by atoms with Gasteiger partial charge in [0.15, 0.2) is 17.7 Å². The molecule has 20 heteroatoms. The highest BCUT2D eigenvalue weighted by molar-refractivity contribution is 6.01. The van der Waals surface area contributed by atoms with Crippen LogP contribution in [0.3, 0.4) is 0 Å². The van der Waals surface area contributed by atoms with Crippen molar-refractivity contribution >= 4 is 54.7 Å². The zero-order chi connectivity index (χ0) is 63.0. The van der Waals surface area contributed by atoms with E-state index in [1.165, 1.54) is 11.8 Å². The fourth-order valence-corrected chi connectivity index (χ4v) is 14.5. The van der Waals surface area contributed by atoms with Gasteiger partial charge in [0.05, 0.1) is 6.61 Å². The smallest absolute Gasteiger partial charge is 0.411 e. The van der Waals surface area contributed by atoms with Gasteiger partial charge < -0.3 is 48.3 Å². The number of amides is 3. The van der Waals surface area contributed by atoms with Gasteiger partial charge in [-0.3, -0.25) is 33.7 Å². The minimum atomic E-state index is -1.39. The molecule has 1 N–H and O–H groups in total. The summed E-state index contributed by atoms with van der Waals surface area (Å²) in [7, 11) is 2.00. The van der Waals surface area contributed by atoms with E-state index in [2.05, 4.69) is 34.9 Å². The number of esters is 2. The first-order chi connectivity index (χ1) is 38.9. The topological polar surface area (TPSA) is 240 Å². The molecule has 474 valence electrons. The third kappa shape index (κ3) is 17.3. The molecular formula is C64H102N4O16. The van der Waals surface area contributed by atoms with Crippen molar-refractivity contribution in [1.29, 1.82) is 0 Å². The molecule has 3 amide bonds. The SMILES string of the molecule is CC(=O)OC1CC2C3CCC4[C@H](C)C(=O)C=CC45CC35CCC2(C)C1CC(OC=O)C(=O)/C1=C(\C)C(C)(C)OC(=O)N(CCCN(CCCCN(C)CCCNC(=O)OC(C)(C)C)C(=O)OC(C)(C)C)CC(=O)OCC1C.CC(C)(C)OC=O. The molecule has 1 heterocycles. The molecule has 6 rings (SSSR count). The Kier molecular flexibility index (Phi) is 23.0. The van der Waals surface area contributed by atoms with E-state index in [1.54, 1.807) is 53.4 Å². The van der Waals surface area contributed by atoms with Crippen LogP contribution in [0, 0.1) is 51.8 Å². The van der Waals surface area contributed by atoms with Crippen LogP contribution < -0.4 is 5.32 Å². The van der Waals surface area contributed by atoms with Gasteiger partial charge in [-0.1, -0.05) is 26.8 Å². The molecule has 0 aromatic carbocycles. The van der Waals surface area contributed by atoms with Crippen molar-refractivity contribution in [2.45, 2.75) is 216 Å². The van der Waals surface area contributed by atoms with Gasteiger partial charge in [-0.2, -0.15) is 0 Å². The van der Waals surface area contributed by atoms with Gasteiger partial charge in [-0.25, -0.2) is 14.4 Å². The van der Waals surface area contributed by atoms with Crippen molar-refractivity contribution in [1.82, 2.24) is 20.0 Å². The van der Waals surface area contributed by atoms with Gasteiger partial charge in [-0.15, -0.1) is 0 Å². The average molecular weight is 1180 g/mol. The lowest BCUT2D eigenvalue weighted by Crippen LogP contribution is -2.50. The second-order valence-corrected chi connectivity index (χ2v) is 28.5. The van der Waals surface area contributed by atoms with Crippen LogP contribution in [-0.2, 0) is 61.9 Å². The number of nitrogens with one attached hydrogen (secondary N) is 1. The fourth-order valence-electron chi connectivity index (χ4n) is 14.5. The molecule has 10 unspecified atom stereocenters. The second-order valence-electron chi connectivity index (χ2n) is 28.5. The first-order valence-electron chi connectivity index (χ1n) is 30.6. The lowest BCUT2D eigenvalue weighted by Gasteiger charge is -2.55. The van der Waals surface area contributed by atoms with E-state index in [4.69, 9.17) is 28.4 Å². The summed E-state index contributed by atoms with van der Waals surface area (Å²) in [5.74, 6) is -1.65. The van der Waals surface area contributed by atoms with Crippen LogP contribution in [-0.4, -0.2) is 164 Å². The number of cyclic esters (lactones) is 2. The number of fused-ring (bicyclic) bond motifs is 2. The minimum absolute atomic E-state index is 0.000461. The highest BCUT2D eigenvalue weighted by Crippen LogP contribution is 2.84. The highest BCUT2D eigenvalue weighted by Gasteiger charge is 2.79. The van der Waals surface area contributed by atoms with Crippen LogP contribution >= 0.6 is 0 Å². The monoisotopic (exact) mass is 1180 g/mol. The Morgan fingerprint density at radius 3 is 2.07 bits per heavy atom. The molecule has 4 saturated carbocycles. The summed E-state index contributed by atoms with van der Waals surface area (Å²) in [6.07, 6.45) is 8.41. The number of nitrogens with zero attached hydrogens (tertiary/aromatic N) is 3. The maximum Gasteiger partial charge on any atom is 0.411 e. The lowest BCUT2D eigenvalue weighted by atomic mass is 9.49. The third-order valence-corrected chi connectivity index (χ3v) is 18.7. The van der Waals surface area contributed by atoms with E-state index < -0.39 is 77.5 Å². The predicted molar refractivity (Wildman–Crippen MR) is 314 cm³/mol. The summed E-state index contributed by atoms with van der Waals surface area (Å²) >= 11 is 0. The van der Waals surface area contributed by atoms with Crippen molar-refractivity contribution in [2.24, 2.45) is 51.8 Å². The van der Waals surface area contributed by atoms with Gasteiger partial charge in [0.1, 0.15) is 35.1 Å². The molecule has 84 heavy (non-hydrogen) atoms. The van der Waals surface area contributed by atoms with Crippen LogP contribution in [0.5, 0.6) is 0 Å². The van der Waals surface area contributed by atoms with Gasteiger partial charge in [0.2, 0.25) is 0 Å². The second kappa shape index (κ2) is 27.9. The normalized spacial score (nSPS) is 30.4. The zero-order valence-corrected chi connectivity index (χ0v) is 53.7. The van der Waals surface area contributed by atoms with E-state index in [0.717, 1.165) is 58.0 Å². The summed E-state index contributed by atoms with van der Waals surface area (Å²) in [4.78, 5) is 121. The number of carbonyl (C=O) groups excluding carboxylic acids is 9. The molecule has 11 atom stereocenters. The quantitative estimate of drug-likeness (QED) is 0.0486. The van der Waals surface area contributed by atoms with Crippen LogP contribution in [0.2, 0.25) is 0 Å². The maximum absolute atomic E-state index is 15.2. The maximum atomic E-state index is 15.2. The molecule has 2 spiro atoms. The Morgan fingerprint density at radius 2 is 1.46 bits per heavy atom. The number of unbranched alkanes of at least 4 members (excludes halogenated alkanes) is 1. The molecule has 0 aromatic heterocycles. The van der Waals surface area contributed by atoms with Crippen molar-refractivity contribution in [3.05, 3.63) is 23.3 Å². The number of carbonyl (C=O) groups is 9. The summed E-state index contributed by atoms with van der Waals surface area (Å²) in [5.41, 5.74) is -2.70. The van der Waals surface area contributed by atoms with Gasteiger partial charge in [0, 0.05) is 56.4 Å². The lowest BCUT2D eigenvalue weighted by molar-refractivity contribution is -0.153. The Labute approximate surface area is 499 Å². The summed E-state index contributed by atoms with van der Waals surface area (Å²) in [6.45, 7) is 31.5. The molecule has 20 nitrogen and oxygen atoms in total. The van der Waals surface area contributed by atoms with Gasteiger partial charge in [0.25, 0.3) is 12.9 Å². The van der Waals surface area contributed by atoms with Crippen LogP contribution in [0.25, 0.3) is 0 Å². The number of allylic oxidation sites excluding steroid dienone is 2. The zero-order valence-electron chi connectivity index (χ0n) is 53.7. The molecule has 0 bridgehead atoms. The Hall–Kier alpha value is -5.53. The van der Waals surface area contributed by atoms with E-state index in [-0.39, 0.29) is 90.0 Å². The first kappa shape index (κ1) is 69.2. The van der Waals surface area contributed by atoms with Crippen molar-refractivity contribution < 1.29 is 76.3 Å². The van der Waals surface area contributed by atoms with Crippen molar-refractivity contribution in [2.75, 3.05) is 59.5 Å². The number of ketones is 2. The van der Waals surface area contributed by atoms with Crippen LogP contribution in [0.15, 0.2) is 23.3 Å². The standard InChI is InChI=1S/C59H92N4O14.C5H10O2/c1-37-34-72-48(67)33-63(30-18-29-62(52(70)76-55(8,9)10)28-16-15-26-61(14)27-17-25-60-51(69)75-54(5,6)7)53(71)77-56(11,12)39(3)49(37)50(68)47(73-36-64)32-44-46(74-40(4)65)31-43-42-20-19-41-38(2)45(66)21-22-58(41)35-59(42,58)24-23-57(43,44)13;1-5(2,3)7-4-6/h21-22,36-38,41-44,46-47H,15-20,23-35H2,1-14H3,(H,60,69);4H,1-3H3/b49-39+;/t37?,38-,41?,42?,43?,44?,46?,47?,57?,58?,59?;/m0./s1. The number of alkyl carbamates (subject to hydrolysis) is 1. The molecule has 0 saturated heterocycles. The number of Topliss-reactive ketones (excluding diaryl/α,β-unsaturated/α-hetero) is 1. The first-order valence-corrected chi connectivity index (χ1v) is 30.6. The van der Waals surface area contributed by atoms with E-state index in [9.17, 15) is 38.4 Å². The van der Waals surface area contributed by atoms with Gasteiger partial charge >= 0.3 is 30.2 Å². The number of hydrogen-bond acceptors (Lipinski definition) is 17. The van der Waals surface area contributed by atoms with E-state index in [0.29, 0.717) is 49.8 Å². The van der Waals surface area contributed by atoms with Crippen LogP contribution in [0.4, 0.5) is 14.4 Å². The highest BCUT2D eigenvalue weighted by atomic mass is 16.6. The third-order valence-electron chi connectivity index (χ3n) is 18.7. The molecular weight excluding hydrogens is 1080 g/mol. The van der Waals surface area contributed by atoms with E-state index >= 15 is 4.79 Å². The predicted octanol–water partition coefficient (Wildman–Crippen LogP) is 9.97. The van der Waals surface area contributed by atoms with Crippen LogP contribution in [0.1, 0.15) is 181 Å². The molecule has 4 fully saturated rings. The van der Waals surface area contributed by atoms with E-state index in [1.807, 2.05) is 54.7 Å². The Bertz CT molecular complexity index is 2450. The number of ether oxygens (including phenoxy) is 7. The minimum Gasteiger partial charge on any atom is -0.464 e. The number of rotatable bonds is 21. The summed E-state index contributed by atoms with van der Waals surface area (Å²) in [6, 6.07) is 0. The Morgan fingerprint density at radius 1 is 0.833 bits per heavy atom. The van der Waals surface area contributed by atoms with Crippen molar-refractivity contribution in [3.8, 4) is 0 Å². The summed E-state index contributed by atoms with van der Waals surface area (Å²) in [5, 5.41) is 2.78. The largest absolute Gasteiger partial charge is 0.464 e. The fraction of sp³-hybridized carbons (Fsp3) is 0.797. The Balaban J connectivity index is 0.00000173. The molecule has 1 aliphatic heterocycles. The summed E-state index contributed by atoms with van der Waals surface area (Å²) < 4.78 is 39.5. The molecule has 5 aliphatic carbocycles.